The van der Waals surface area contributed by atoms with E-state index in [0.29, 0.717) is 16.9 Å². The number of carbonyl (C=O) groups is 2. The first-order valence-corrected chi connectivity index (χ1v) is 8.58. The molecule has 1 aromatic heterocycles. The number of hydrogen-bond donors (Lipinski definition) is 2. The lowest BCUT2D eigenvalue weighted by molar-refractivity contribution is -0.111. The van der Waals surface area contributed by atoms with Crippen LogP contribution >= 0.6 is 11.3 Å². The summed E-state index contributed by atoms with van der Waals surface area (Å²) in [6.45, 7) is 0. The molecular weight excluding hydrogens is 332 g/mol. The topological polar surface area (TPSA) is 58.2 Å². The lowest BCUT2D eigenvalue weighted by Gasteiger charge is -2.10. The van der Waals surface area contributed by atoms with Crippen molar-refractivity contribution in [3.8, 4) is 0 Å². The Morgan fingerprint density at radius 2 is 1.60 bits per heavy atom. The normalized spacial score (nSPS) is 10.6. The number of anilines is 2. The number of amides is 2. The van der Waals surface area contributed by atoms with Gasteiger partial charge in [0.2, 0.25) is 5.91 Å². The number of benzene rings is 2. The summed E-state index contributed by atoms with van der Waals surface area (Å²) in [5.74, 6) is -0.558. The van der Waals surface area contributed by atoms with E-state index in [2.05, 4.69) is 10.6 Å². The van der Waals surface area contributed by atoms with E-state index >= 15 is 0 Å². The molecule has 0 saturated heterocycles. The molecule has 0 fully saturated rings. The number of hydrogen-bond acceptors (Lipinski definition) is 3. The van der Waals surface area contributed by atoms with Gasteiger partial charge in [-0.25, -0.2) is 0 Å². The van der Waals surface area contributed by atoms with E-state index in [1.54, 1.807) is 41.7 Å². The summed E-state index contributed by atoms with van der Waals surface area (Å²) in [6, 6.07) is 20.0. The van der Waals surface area contributed by atoms with Gasteiger partial charge in [0, 0.05) is 16.6 Å². The Balaban J connectivity index is 1.72. The van der Waals surface area contributed by atoms with Crippen LogP contribution in [0.15, 0.2) is 78.2 Å². The van der Waals surface area contributed by atoms with Crippen molar-refractivity contribution in [1.82, 2.24) is 0 Å². The Kier molecular flexibility index (Phi) is 5.39. The van der Waals surface area contributed by atoms with Crippen molar-refractivity contribution >= 4 is 40.6 Å². The Morgan fingerprint density at radius 3 is 2.36 bits per heavy atom. The van der Waals surface area contributed by atoms with Gasteiger partial charge in [0.15, 0.2) is 0 Å². The maximum absolute atomic E-state index is 12.5. The monoisotopic (exact) mass is 348 g/mol. The first-order valence-electron chi connectivity index (χ1n) is 7.70. The molecule has 3 rings (SSSR count). The molecular formula is C20H16N2O2S. The molecule has 5 heteroatoms. The Bertz CT molecular complexity index is 887. The maximum Gasteiger partial charge on any atom is 0.257 e. The van der Waals surface area contributed by atoms with Gasteiger partial charge in [-0.15, -0.1) is 11.3 Å². The first kappa shape index (κ1) is 16.7. The van der Waals surface area contributed by atoms with E-state index in [-0.39, 0.29) is 11.8 Å². The summed E-state index contributed by atoms with van der Waals surface area (Å²) in [5, 5.41) is 7.52. The molecule has 0 aliphatic heterocycles. The zero-order chi connectivity index (χ0) is 17.5. The van der Waals surface area contributed by atoms with Crippen LogP contribution in [0.1, 0.15) is 15.2 Å². The second-order valence-corrected chi connectivity index (χ2v) is 6.18. The average molecular weight is 348 g/mol. The molecule has 2 N–H and O–H groups in total. The molecule has 2 amide bonds. The molecule has 0 bridgehead atoms. The summed E-state index contributed by atoms with van der Waals surface area (Å²) in [7, 11) is 0. The SMILES string of the molecule is O=C(/C=C/c1cccs1)Nc1ccccc1C(=O)Nc1ccccc1. The summed E-state index contributed by atoms with van der Waals surface area (Å²) >= 11 is 1.55. The van der Waals surface area contributed by atoms with Crippen LogP contribution in [0, 0.1) is 0 Å². The van der Waals surface area contributed by atoms with E-state index < -0.39 is 0 Å². The fourth-order valence-corrected chi connectivity index (χ4v) is 2.85. The molecule has 25 heavy (non-hydrogen) atoms. The van der Waals surface area contributed by atoms with E-state index in [0.717, 1.165) is 4.88 Å². The summed E-state index contributed by atoms with van der Waals surface area (Å²) < 4.78 is 0. The highest BCUT2D eigenvalue weighted by molar-refractivity contribution is 7.10. The molecule has 0 saturated carbocycles. The van der Waals surface area contributed by atoms with Crippen LogP contribution in [-0.4, -0.2) is 11.8 Å². The first-order chi connectivity index (χ1) is 12.2. The van der Waals surface area contributed by atoms with Crippen molar-refractivity contribution in [3.63, 3.8) is 0 Å². The Hall–Kier alpha value is -3.18. The Morgan fingerprint density at radius 1 is 0.840 bits per heavy atom. The van der Waals surface area contributed by atoms with Gasteiger partial charge < -0.3 is 10.6 Å². The third kappa shape index (κ3) is 4.65. The number of thiophene rings is 1. The lowest BCUT2D eigenvalue weighted by Crippen LogP contribution is -2.16. The van der Waals surface area contributed by atoms with E-state index in [1.807, 2.05) is 47.8 Å². The van der Waals surface area contributed by atoms with Gasteiger partial charge in [-0.05, 0) is 41.8 Å². The predicted molar refractivity (Wildman–Crippen MR) is 103 cm³/mol. The van der Waals surface area contributed by atoms with Crippen LogP contribution in [0.25, 0.3) is 6.08 Å². The second kappa shape index (κ2) is 8.08. The average Bonchev–Trinajstić information content (AvgIpc) is 3.15. The van der Waals surface area contributed by atoms with Gasteiger partial charge in [-0.3, -0.25) is 9.59 Å². The van der Waals surface area contributed by atoms with Gasteiger partial charge >= 0.3 is 0 Å². The molecule has 124 valence electrons. The molecule has 0 radical (unpaired) electrons. The van der Waals surface area contributed by atoms with Crippen molar-refractivity contribution in [2.45, 2.75) is 0 Å². The van der Waals surface area contributed by atoms with Crippen LogP contribution in [-0.2, 0) is 4.79 Å². The second-order valence-electron chi connectivity index (χ2n) is 5.20. The standard InChI is InChI=1S/C20H16N2O2S/c23-19(13-12-16-9-6-14-25-16)22-18-11-5-4-10-17(18)20(24)21-15-7-2-1-3-8-15/h1-14H,(H,21,24)(H,22,23)/b13-12+. The third-order valence-corrected chi connectivity index (χ3v) is 4.24. The molecule has 1 heterocycles. The zero-order valence-corrected chi connectivity index (χ0v) is 14.1. The Labute approximate surface area is 149 Å². The highest BCUT2D eigenvalue weighted by Gasteiger charge is 2.12. The van der Waals surface area contributed by atoms with E-state index in [9.17, 15) is 9.59 Å². The van der Waals surface area contributed by atoms with E-state index in [4.69, 9.17) is 0 Å². The minimum atomic E-state index is -0.284. The number of rotatable bonds is 5. The third-order valence-electron chi connectivity index (χ3n) is 3.40. The molecule has 2 aromatic carbocycles. The molecule has 0 aliphatic rings. The largest absolute Gasteiger partial charge is 0.322 e. The fourth-order valence-electron chi connectivity index (χ4n) is 2.23. The van der Waals surface area contributed by atoms with Crippen LogP contribution in [0.3, 0.4) is 0 Å². The molecule has 4 nitrogen and oxygen atoms in total. The van der Waals surface area contributed by atoms with Crippen LogP contribution in [0.5, 0.6) is 0 Å². The summed E-state index contributed by atoms with van der Waals surface area (Å²) in [5.41, 5.74) is 1.58. The van der Waals surface area contributed by atoms with Gasteiger partial charge in [0.25, 0.3) is 5.91 Å². The fraction of sp³-hybridized carbons (Fsp3) is 0. The highest BCUT2D eigenvalue weighted by atomic mass is 32.1. The maximum atomic E-state index is 12.5. The molecule has 0 aliphatic carbocycles. The number of para-hydroxylation sites is 2. The summed E-state index contributed by atoms with van der Waals surface area (Å²) in [4.78, 5) is 25.6. The molecule has 0 spiro atoms. The minimum absolute atomic E-state index is 0.274. The van der Waals surface area contributed by atoms with Gasteiger partial charge in [0.05, 0.1) is 11.3 Å². The van der Waals surface area contributed by atoms with Crippen molar-refractivity contribution in [1.29, 1.82) is 0 Å². The molecule has 3 aromatic rings. The van der Waals surface area contributed by atoms with E-state index in [1.165, 1.54) is 6.08 Å². The van der Waals surface area contributed by atoms with Crippen LogP contribution in [0.2, 0.25) is 0 Å². The quantitative estimate of drug-likeness (QED) is 0.659. The van der Waals surface area contributed by atoms with Gasteiger partial charge in [-0.2, -0.15) is 0 Å². The molecule has 0 unspecified atom stereocenters. The minimum Gasteiger partial charge on any atom is -0.322 e. The summed E-state index contributed by atoms with van der Waals surface area (Å²) in [6.07, 6.45) is 3.20. The smallest absolute Gasteiger partial charge is 0.257 e. The van der Waals surface area contributed by atoms with Crippen molar-refractivity contribution < 1.29 is 9.59 Å². The number of carbonyl (C=O) groups excluding carboxylic acids is 2. The van der Waals surface area contributed by atoms with Gasteiger partial charge in [-0.1, -0.05) is 36.4 Å². The molecule has 0 atom stereocenters. The zero-order valence-electron chi connectivity index (χ0n) is 13.3. The van der Waals surface area contributed by atoms with Crippen molar-refractivity contribution in [3.05, 3.63) is 88.6 Å². The predicted octanol–water partition coefficient (Wildman–Crippen LogP) is 4.65. The van der Waals surface area contributed by atoms with Crippen molar-refractivity contribution in [2.24, 2.45) is 0 Å². The van der Waals surface area contributed by atoms with Crippen LogP contribution in [0.4, 0.5) is 11.4 Å². The van der Waals surface area contributed by atoms with Crippen molar-refractivity contribution in [2.75, 3.05) is 10.6 Å². The van der Waals surface area contributed by atoms with Crippen LogP contribution < -0.4 is 10.6 Å². The number of nitrogens with one attached hydrogen (secondary N) is 2. The van der Waals surface area contributed by atoms with Gasteiger partial charge in [0.1, 0.15) is 0 Å². The lowest BCUT2D eigenvalue weighted by atomic mass is 10.1. The highest BCUT2D eigenvalue weighted by Crippen LogP contribution is 2.18.